The molecule has 7 rings (SSSR count). The van der Waals surface area contributed by atoms with Gasteiger partial charge in [0.05, 0.1) is 0 Å². The molecule has 50 heavy (non-hydrogen) atoms. The SMILES string of the molecule is O=C(c1c(F)c(F)c([P+](c2ccccc2)(c2ccccc2)c2ccccc2)c(F)c1F)[P+](c1ccccc1)(c1ccccc1)c1ccccc1. The van der Waals surface area contributed by atoms with Gasteiger partial charge in [-0.15, -0.1) is 0 Å². The van der Waals surface area contributed by atoms with Crippen molar-refractivity contribution in [3.63, 3.8) is 0 Å². The molecule has 0 bridgehead atoms. The summed E-state index contributed by atoms with van der Waals surface area (Å²) in [7, 11) is -7.26. The van der Waals surface area contributed by atoms with Crippen molar-refractivity contribution in [2.24, 2.45) is 0 Å². The highest BCUT2D eigenvalue weighted by molar-refractivity contribution is 8.08. The topological polar surface area (TPSA) is 17.1 Å². The lowest BCUT2D eigenvalue weighted by Gasteiger charge is -2.29. The maximum atomic E-state index is 17.3. The second-order valence-electron chi connectivity index (χ2n) is 11.6. The molecule has 0 amide bonds. The van der Waals surface area contributed by atoms with E-state index in [9.17, 15) is 0 Å². The Morgan fingerprint density at radius 3 is 0.840 bits per heavy atom. The van der Waals surface area contributed by atoms with Crippen molar-refractivity contribution in [1.82, 2.24) is 0 Å². The normalized spacial score (nSPS) is 11.7. The Hall–Kier alpha value is -5.21. The molecule has 0 aliphatic rings. The molecular weight excluding hydrogens is 670 g/mol. The van der Waals surface area contributed by atoms with E-state index in [4.69, 9.17) is 0 Å². The fourth-order valence-electron chi connectivity index (χ4n) is 6.81. The molecule has 0 aromatic heterocycles. The third kappa shape index (κ3) is 5.30. The van der Waals surface area contributed by atoms with Crippen LogP contribution in [-0.4, -0.2) is 5.52 Å². The highest BCUT2D eigenvalue weighted by Crippen LogP contribution is 2.60. The van der Waals surface area contributed by atoms with E-state index in [0.29, 0.717) is 31.8 Å². The van der Waals surface area contributed by atoms with Crippen LogP contribution in [0.15, 0.2) is 182 Å². The Kier molecular flexibility index (Phi) is 9.29. The van der Waals surface area contributed by atoms with Crippen LogP contribution in [0.2, 0.25) is 0 Å². The van der Waals surface area contributed by atoms with Gasteiger partial charge in [0, 0.05) is 0 Å². The van der Waals surface area contributed by atoms with E-state index in [2.05, 4.69) is 0 Å². The van der Waals surface area contributed by atoms with Gasteiger partial charge in [0.2, 0.25) is 11.6 Å². The number of benzene rings is 7. The zero-order valence-electron chi connectivity index (χ0n) is 26.6. The summed E-state index contributed by atoms with van der Waals surface area (Å²) >= 11 is 0. The molecule has 0 heterocycles. The molecule has 244 valence electrons. The fraction of sp³-hybridized carbons (Fsp3) is 0. The Labute approximate surface area is 289 Å². The van der Waals surface area contributed by atoms with Crippen molar-refractivity contribution >= 4 is 57.2 Å². The van der Waals surface area contributed by atoms with Gasteiger partial charge < -0.3 is 0 Å². The van der Waals surface area contributed by atoms with Crippen LogP contribution in [0.25, 0.3) is 0 Å². The van der Waals surface area contributed by atoms with Crippen molar-refractivity contribution in [2.75, 3.05) is 0 Å². The lowest BCUT2D eigenvalue weighted by molar-refractivity contribution is 0.107. The molecule has 7 aromatic carbocycles. The number of carbonyl (C=O) groups excluding carboxylic acids is 1. The first-order chi connectivity index (χ1) is 24.4. The molecule has 0 saturated carbocycles. The summed E-state index contributed by atoms with van der Waals surface area (Å²) in [5, 5.41) is 2.21. The van der Waals surface area contributed by atoms with Crippen LogP contribution in [0.3, 0.4) is 0 Å². The van der Waals surface area contributed by atoms with E-state index in [0.717, 1.165) is 0 Å². The molecule has 0 unspecified atom stereocenters. The monoisotopic (exact) mass is 700 g/mol. The summed E-state index contributed by atoms with van der Waals surface area (Å²) in [5.74, 6) is -6.62. The predicted molar refractivity (Wildman–Crippen MR) is 201 cm³/mol. The first-order valence-electron chi connectivity index (χ1n) is 16.0. The molecule has 0 spiro atoms. The Morgan fingerprint density at radius 2 is 0.580 bits per heavy atom. The molecule has 0 N–H and O–H groups in total. The van der Waals surface area contributed by atoms with Gasteiger partial charge in [-0.1, -0.05) is 109 Å². The lowest BCUT2D eigenvalue weighted by Crippen LogP contribution is -2.43. The average molecular weight is 701 g/mol. The summed E-state index contributed by atoms with van der Waals surface area (Å²) in [5.41, 5.74) is -2.26. The van der Waals surface area contributed by atoms with Crippen molar-refractivity contribution in [3.05, 3.63) is 211 Å². The summed E-state index contributed by atoms with van der Waals surface area (Å²) in [6.45, 7) is 0. The maximum Gasteiger partial charge on any atom is 0.319 e. The molecule has 1 nitrogen and oxygen atoms in total. The average Bonchev–Trinajstić information content (AvgIpc) is 3.18. The minimum absolute atomic E-state index is 0.491. The minimum Gasteiger partial charge on any atom is -0.246 e. The summed E-state index contributed by atoms with van der Waals surface area (Å²) in [6.07, 6.45) is 0. The van der Waals surface area contributed by atoms with Gasteiger partial charge in [0.25, 0.3) is 0 Å². The zero-order valence-corrected chi connectivity index (χ0v) is 28.4. The molecule has 0 atom stereocenters. The van der Waals surface area contributed by atoms with Crippen molar-refractivity contribution < 1.29 is 22.4 Å². The van der Waals surface area contributed by atoms with E-state index in [1.165, 1.54) is 0 Å². The van der Waals surface area contributed by atoms with Gasteiger partial charge in [-0.05, 0) is 72.8 Å². The second kappa shape index (κ2) is 14.0. The molecular formula is C43H30F4OP2+2. The van der Waals surface area contributed by atoms with E-state index in [1.807, 2.05) is 0 Å². The van der Waals surface area contributed by atoms with Crippen LogP contribution in [0.1, 0.15) is 10.4 Å². The summed E-state index contributed by atoms with van der Waals surface area (Å²) in [6, 6.07) is 52.1. The fourth-order valence-corrected chi connectivity index (χ4v) is 15.1. The highest BCUT2D eigenvalue weighted by atomic mass is 31.2. The zero-order chi connectivity index (χ0) is 34.7. The predicted octanol–water partition coefficient (Wildman–Crippen LogP) is 8.00. The number of rotatable bonds is 9. The van der Waals surface area contributed by atoms with Crippen LogP contribution in [0.4, 0.5) is 17.6 Å². The van der Waals surface area contributed by atoms with Gasteiger partial charge in [0.15, 0.2) is 31.5 Å². The van der Waals surface area contributed by atoms with Crippen LogP contribution in [0, 0.1) is 23.3 Å². The molecule has 7 aromatic rings. The van der Waals surface area contributed by atoms with Crippen LogP contribution >= 0.6 is 14.5 Å². The quantitative estimate of drug-likeness (QED) is 0.0848. The first-order valence-corrected chi connectivity index (χ1v) is 19.5. The Morgan fingerprint density at radius 1 is 0.340 bits per heavy atom. The van der Waals surface area contributed by atoms with Gasteiger partial charge in [0.1, 0.15) is 37.4 Å². The van der Waals surface area contributed by atoms with E-state index in [-0.39, 0.29) is 0 Å². The number of hydrogen-bond donors (Lipinski definition) is 0. The number of halogens is 4. The van der Waals surface area contributed by atoms with Crippen molar-refractivity contribution in [1.29, 1.82) is 0 Å². The van der Waals surface area contributed by atoms with E-state index in [1.54, 1.807) is 182 Å². The van der Waals surface area contributed by atoms with Crippen LogP contribution in [-0.2, 0) is 0 Å². The molecule has 0 aliphatic carbocycles. The number of hydrogen-bond acceptors (Lipinski definition) is 1. The standard InChI is InChI=1S/C43H30F4OP2/c44-38-37(43(48)50(34-25-13-4-14-26-34,35-27-15-5-16-28-35)36-29-17-6-18-30-36)39(45)41(47)42(40(38)46)49(31-19-7-1-8-20-31,32-21-9-2-10-22-32)33-23-11-3-12-24-33/h1-30H/q+2. The van der Waals surface area contributed by atoms with Gasteiger partial charge >= 0.3 is 5.52 Å². The minimum atomic E-state index is -3.63. The first kappa shape index (κ1) is 33.3. The molecule has 0 aliphatic heterocycles. The van der Waals surface area contributed by atoms with E-state index >= 15 is 22.4 Å². The summed E-state index contributed by atoms with van der Waals surface area (Å²) in [4.78, 5) is 15.2. The highest BCUT2D eigenvalue weighted by Gasteiger charge is 2.59. The maximum absolute atomic E-state index is 17.3. The molecule has 0 fully saturated rings. The van der Waals surface area contributed by atoms with E-state index < -0.39 is 54.2 Å². The van der Waals surface area contributed by atoms with Gasteiger partial charge in [-0.25, -0.2) is 13.6 Å². The van der Waals surface area contributed by atoms with Gasteiger partial charge in [-0.3, -0.25) is 0 Å². The van der Waals surface area contributed by atoms with Gasteiger partial charge in [-0.2, -0.15) is 8.78 Å². The lowest BCUT2D eigenvalue weighted by atomic mass is 10.2. The molecule has 0 saturated heterocycles. The van der Waals surface area contributed by atoms with Crippen molar-refractivity contribution in [3.8, 4) is 0 Å². The number of carbonyl (C=O) groups is 1. The molecule has 0 radical (unpaired) electrons. The third-order valence-corrected chi connectivity index (χ3v) is 17.3. The Balaban J connectivity index is 1.59. The largest absolute Gasteiger partial charge is 0.319 e. The second-order valence-corrected chi connectivity index (χ2v) is 18.3. The van der Waals surface area contributed by atoms with Crippen molar-refractivity contribution in [2.45, 2.75) is 0 Å². The Bertz CT molecular complexity index is 2030. The molecule has 7 heteroatoms. The third-order valence-electron chi connectivity index (χ3n) is 8.96. The van der Waals surface area contributed by atoms with Crippen LogP contribution in [0.5, 0.6) is 0 Å². The van der Waals surface area contributed by atoms with Crippen LogP contribution < -0.4 is 37.1 Å². The smallest absolute Gasteiger partial charge is 0.246 e. The summed E-state index contributed by atoms with van der Waals surface area (Å²) < 4.78 is 68.9.